The van der Waals surface area contributed by atoms with Gasteiger partial charge < -0.3 is 10.2 Å². The van der Waals surface area contributed by atoms with Gasteiger partial charge in [-0.05, 0) is 54.4 Å². The van der Waals surface area contributed by atoms with Crippen molar-refractivity contribution in [3.8, 4) is 0 Å². The molecule has 0 bridgehead atoms. The first-order valence-electron chi connectivity index (χ1n) is 9.59. The number of hydrogen-bond donors (Lipinski definition) is 1. The molecular formula is C23H23N3O4S. The number of nitrogens with zero attached hydrogens (tertiary/aromatic N) is 2. The number of hydrogen-bond acceptors (Lipinski definition) is 5. The predicted octanol–water partition coefficient (Wildman–Crippen LogP) is 3.07. The molecule has 7 nitrogen and oxygen atoms in total. The Morgan fingerprint density at radius 3 is 2.32 bits per heavy atom. The molecule has 0 unspecified atom stereocenters. The average molecular weight is 438 g/mol. The van der Waals surface area contributed by atoms with Crippen LogP contribution in [0.3, 0.4) is 0 Å². The molecule has 8 heteroatoms. The van der Waals surface area contributed by atoms with Gasteiger partial charge in [0.15, 0.2) is 9.84 Å². The third kappa shape index (κ3) is 5.99. The highest BCUT2D eigenvalue weighted by Crippen LogP contribution is 2.17. The molecule has 0 aliphatic rings. The van der Waals surface area contributed by atoms with Crippen LogP contribution in [0.2, 0.25) is 0 Å². The summed E-state index contributed by atoms with van der Waals surface area (Å²) in [5, 5.41) is 2.66. The van der Waals surface area contributed by atoms with Crippen LogP contribution in [0, 0.1) is 6.92 Å². The van der Waals surface area contributed by atoms with Gasteiger partial charge >= 0.3 is 0 Å². The number of pyridine rings is 1. The maximum atomic E-state index is 12.6. The second kappa shape index (κ2) is 9.53. The zero-order valence-corrected chi connectivity index (χ0v) is 18.1. The van der Waals surface area contributed by atoms with Gasteiger partial charge in [0, 0.05) is 18.8 Å². The Balaban J connectivity index is 1.61. The summed E-state index contributed by atoms with van der Waals surface area (Å²) in [6.07, 6.45) is 1.60. The fourth-order valence-corrected chi connectivity index (χ4v) is 4.34. The standard InChI is InChI=1S/C23H23N3O4S/c1-17-12-13-24-21(14-17)25-22(27)15-26(2)23(28)19-10-8-18(9-11-19)16-31(29,30)20-6-4-3-5-7-20/h3-14H,15-16H2,1-2H3,(H,24,25,27). The summed E-state index contributed by atoms with van der Waals surface area (Å²) in [6.45, 7) is 1.75. The largest absolute Gasteiger partial charge is 0.332 e. The van der Waals surface area contributed by atoms with E-state index in [4.69, 9.17) is 0 Å². The minimum absolute atomic E-state index is 0.140. The number of rotatable bonds is 7. The molecule has 0 fully saturated rings. The topological polar surface area (TPSA) is 96.4 Å². The highest BCUT2D eigenvalue weighted by molar-refractivity contribution is 7.90. The maximum absolute atomic E-state index is 12.6. The number of aromatic nitrogens is 1. The molecule has 0 spiro atoms. The second-order valence-electron chi connectivity index (χ2n) is 7.20. The van der Waals surface area contributed by atoms with E-state index in [2.05, 4.69) is 10.3 Å². The van der Waals surface area contributed by atoms with Crippen molar-refractivity contribution in [2.24, 2.45) is 0 Å². The number of sulfone groups is 1. The number of anilines is 1. The van der Waals surface area contributed by atoms with Crippen LogP contribution in [-0.4, -0.2) is 43.7 Å². The van der Waals surface area contributed by atoms with E-state index in [-0.39, 0.29) is 29.0 Å². The van der Waals surface area contributed by atoms with Crippen LogP contribution in [0.1, 0.15) is 21.5 Å². The van der Waals surface area contributed by atoms with E-state index in [9.17, 15) is 18.0 Å². The zero-order chi connectivity index (χ0) is 22.4. The van der Waals surface area contributed by atoms with Crippen molar-refractivity contribution in [3.05, 3.63) is 89.6 Å². The van der Waals surface area contributed by atoms with Gasteiger partial charge in [0.25, 0.3) is 5.91 Å². The Labute approximate surface area is 181 Å². The molecule has 160 valence electrons. The van der Waals surface area contributed by atoms with Crippen LogP contribution in [0.25, 0.3) is 0 Å². The van der Waals surface area contributed by atoms with Gasteiger partial charge in [-0.1, -0.05) is 30.3 Å². The molecule has 3 rings (SSSR count). The smallest absolute Gasteiger partial charge is 0.254 e. The van der Waals surface area contributed by atoms with Gasteiger partial charge in [-0.3, -0.25) is 9.59 Å². The van der Waals surface area contributed by atoms with Crippen LogP contribution in [0.15, 0.2) is 77.8 Å². The second-order valence-corrected chi connectivity index (χ2v) is 9.19. The van der Waals surface area contributed by atoms with Crippen LogP contribution in [-0.2, 0) is 20.4 Å². The Kier molecular flexibility index (Phi) is 6.81. The lowest BCUT2D eigenvalue weighted by Gasteiger charge is -2.17. The van der Waals surface area contributed by atoms with Crippen molar-refractivity contribution < 1.29 is 18.0 Å². The van der Waals surface area contributed by atoms with Crippen molar-refractivity contribution in [1.82, 2.24) is 9.88 Å². The average Bonchev–Trinajstić information content (AvgIpc) is 2.74. The van der Waals surface area contributed by atoms with E-state index in [1.807, 2.05) is 13.0 Å². The lowest BCUT2D eigenvalue weighted by atomic mass is 10.1. The highest BCUT2D eigenvalue weighted by atomic mass is 32.2. The molecule has 0 saturated heterocycles. The summed E-state index contributed by atoms with van der Waals surface area (Å²) in [7, 11) is -1.94. The Morgan fingerprint density at radius 2 is 1.68 bits per heavy atom. The molecule has 0 aliphatic heterocycles. The van der Waals surface area contributed by atoms with Crippen LogP contribution < -0.4 is 5.32 Å². The summed E-state index contributed by atoms with van der Waals surface area (Å²) < 4.78 is 25.0. The van der Waals surface area contributed by atoms with E-state index < -0.39 is 9.84 Å². The van der Waals surface area contributed by atoms with Crippen molar-refractivity contribution in [2.45, 2.75) is 17.6 Å². The molecule has 0 atom stereocenters. The molecule has 2 amide bonds. The van der Waals surface area contributed by atoms with Crippen molar-refractivity contribution in [1.29, 1.82) is 0 Å². The highest BCUT2D eigenvalue weighted by Gasteiger charge is 2.18. The van der Waals surface area contributed by atoms with E-state index in [1.165, 1.54) is 11.9 Å². The normalized spacial score (nSPS) is 11.0. The van der Waals surface area contributed by atoms with E-state index >= 15 is 0 Å². The minimum Gasteiger partial charge on any atom is -0.332 e. The number of benzene rings is 2. The van der Waals surface area contributed by atoms with Crippen molar-refractivity contribution in [2.75, 3.05) is 18.9 Å². The van der Waals surface area contributed by atoms with Crippen LogP contribution in [0.4, 0.5) is 5.82 Å². The number of amides is 2. The monoisotopic (exact) mass is 437 g/mol. The number of carbonyl (C=O) groups excluding carboxylic acids is 2. The lowest BCUT2D eigenvalue weighted by molar-refractivity contribution is -0.116. The molecule has 31 heavy (non-hydrogen) atoms. The maximum Gasteiger partial charge on any atom is 0.254 e. The van der Waals surface area contributed by atoms with Gasteiger partial charge in [-0.15, -0.1) is 0 Å². The van der Waals surface area contributed by atoms with Crippen LogP contribution >= 0.6 is 0 Å². The zero-order valence-electron chi connectivity index (χ0n) is 17.3. The fourth-order valence-electron chi connectivity index (χ4n) is 2.97. The Hall–Kier alpha value is -3.52. The molecule has 1 N–H and O–H groups in total. The first-order valence-corrected chi connectivity index (χ1v) is 11.2. The van der Waals surface area contributed by atoms with E-state index in [0.717, 1.165) is 5.56 Å². The minimum atomic E-state index is -3.47. The lowest BCUT2D eigenvalue weighted by Crippen LogP contribution is -2.35. The predicted molar refractivity (Wildman–Crippen MR) is 118 cm³/mol. The van der Waals surface area contributed by atoms with E-state index in [1.54, 1.807) is 66.9 Å². The first kappa shape index (κ1) is 22.2. The number of aryl methyl sites for hydroxylation is 1. The molecule has 2 aromatic carbocycles. The molecular weight excluding hydrogens is 414 g/mol. The summed E-state index contributed by atoms with van der Waals surface area (Å²) in [6, 6.07) is 18.1. The molecule has 1 aromatic heterocycles. The summed E-state index contributed by atoms with van der Waals surface area (Å²) in [5.41, 5.74) is 1.90. The van der Waals surface area contributed by atoms with E-state index in [0.29, 0.717) is 16.9 Å². The third-order valence-corrected chi connectivity index (χ3v) is 6.27. The summed E-state index contributed by atoms with van der Waals surface area (Å²) >= 11 is 0. The first-order chi connectivity index (χ1) is 14.7. The van der Waals surface area contributed by atoms with Gasteiger partial charge in [-0.25, -0.2) is 13.4 Å². The van der Waals surface area contributed by atoms with Gasteiger partial charge in [0.1, 0.15) is 5.82 Å². The van der Waals surface area contributed by atoms with Crippen molar-refractivity contribution in [3.63, 3.8) is 0 Å². The number of likely N-dealkylation sites (N-methyl/N-ethyl adjacent to an activating group) is 1. The van der Waals surface area contributed by atoms with Gasteiger partial charge in [0.2, 0.25) is 5.91 Å². The summed E-state index contributed by atoms with van der Waals surface area (Å²) in [4.78, 5) is 30.4. The number of nitrogens with one attached hydrogen (secondary N) is 1. The van der Waals surface area contributed by atoms with Crippen molar-refractivity contribution >= 4 is 27.5 Å². The molecule has 0 saturated carbocycles. The fraction of sp³-hybridized carbons (Fsp3) is 0.174. The molecule has 1 heterocycles. The third-order valence-electron chi connectivity index (χ3n) is 4.57. The van der Waals surface area contributed by atoms with Gasteiger partial charge in [-0.2, -0.15) is 0 Å². The Morgan fingerprint density at radius 1 is 1.00 bits per heavy atom. The summed E-state index contributed by atoms with van der Waals surface area (Å²) in [5.74, 6) is -0.438. The molecule has 0 aliphatic carbocycles. The quantitative estimate of drug-likeness (QED) is 0.613. The van der Waals surface area contributed by atoms with Gasteiger partial charge in [0.05, 0.1) is 17.2 Å². The Bertz CT molecular complexity index is 1180. The SMILES string of the molecule is Cc1ccnc(NC(=O)CN(C)C(=O)c2ccc(CS(=O)(=O)c3ccccc3)cc2)c1. The number of carbonyl (C=O) groups is 2. The molecule has 3 aromatic rings. The van der Waals surface area contributed by atoms with Crippen LogP contribution in [0.5, 0.6) is 0 Å². The molecule has 0 radical (unpaired) electrons.